The molecule has 0 unspecified atom stereocenters. The first-order valence-electron chi connectivity index (χ1n) is 20.2. The summed E-state index contributed by atoms with van der Waals surface area (Å²) in [4.78, 5) is 23.9. The van der Waals surface area contributed by atoms with Crippen LogP contribution in [0.4, 0.5) is 24.5 Å². The molecule has 3 aliphatic heterocycles. The number of nitrogens with zero attached hydrogens (tertiary/aromatic N) is 7. The van der Waals surface area contributed by atoms with E-state index >= 15 is 0 Å². The van der Waals surface area contributed by atoms with E-state index in [4.69, 9.17) is 14.6 Å². The van der Waals surface area contributed by atoms with E-state index in [-0.39, 0.29) is 28.9 Å². The minimum absolute atomic E-state index is 0.0714. The second-order valence-corrected chi connectivity index (χ2v) is 15.7. The molecule has 3 aromatic carbocycles. The van der Waals surface area contributed by atoms with Gasteiger partial charge in [-0.25, -0.2) is 14.5 Å². The maximum Gasteiger partial charge on any atom is 0.433 e. The van der Waals surface area contributed by atoms with Crippen molar-refractivity contribution in [2.75, 3.05) is 62.4 Å². The van der Waals surface area contributed by atoms with Gasteiger partial charge in [-0.2, -0.15) is 23.4 Å². The lowest BCUT2D eigenvalue weighted by Crippen LogP contribution is -2.36. The van der Waals surface area contributed by atoms with E-state index in [1.165, 1.54) is 11.1 Å². The fourth-order valence-electron chi connectivity index (χ4n) is 8.59. The topological polar surface area (TPSA) is 87.8 Å². The van der Waals surface area contributed by atoms with Gasteiger partial charge in [0.05, 0.1) is 43.9 Å². The molecule has 2 saturated heterocycles. The predicted molar refractivity (Wildman–Crippen MR) is 218 cm³/mol. The van der Waals surface area contributed by atoms with Crippen LogP contribution in [0.2, 0.25) is 0 Å². The van der Waals surface area contributed by atoms with E-state index in [0.29, 0.717) is 32.0 Å². The number of ether oxygens (including phenoxy) is 2. The Morgan fingerprint density at radius 1 is 0.828 bits per heavy atom. The zero-order chi connectivity index (χ0) is 40.0. The number of amides is 1. The quantitative estimate of drug-likeness (QED) is 0.163. The highest BCUT2D eigenvalue weighted by Crippen LogP contribution is 2.45. The van der Waals surface area contributed by atoms with Crippen LogP contribution in [0.1, 0.15) is 77.9 Å². The van der Waals surface area contributed by atoms with Gasteiger partial charge in [-0.3, -0.25) is 4.79 Å². The molecule has 13 heteroatoms. The molecule has 300 valence electrons. The predicted octanol–water partition coefficient (Wildman–Crippen LogP) is 8.65. The summed E-state index contributed by atoms with van der Waals surface area (Å²) in [5.41, 5.74) is 6.52. The standard InChI is InChI=1S/C45H46F3N7O3/c1-29(2)31-8-10-32(11-9-31)38-27-40(45(46,47)48)54-41(49-38)28-39(50-54)44(56)55-43(33-12-16-36(17-13-33)53-20-24-58-25-21-53)37-5-3-4-34(42(37)51-55)26-30-6-14-35(15-7-30)52-18-22-57-23-19-52/h6-17,26-29,37,43H,3-5,18-25H2,1-2H3/b34-26+/t37-,43-/m1/s1. The second kappa shape index (κ2) is 15.7. The summed E-state index contributed by atoms with van der Waals surface area (Å²) in [7, 11) is 0. The fraction of sp³-hybridized carbons (Fsp3) is 0.378. The van der Waals surface area contributed by atoms with Gasteiger partial charge in [0.25, 0.3) is 5.91 Å². The molecular weight excluding hydrogens is 744 g/mol. The molecule has 5 aromatic rings. The Morgan fingerprint density at radius 3 is 2.05 bits per heavy atom. The fourth-order valence-corrected chi connectivity index (χ4v) is 8.59. The van der Waals surface area contributed by atoms with E-state index in [1.54, 1.807) is 12.1 Å². The molecule has 5 heterocycles. The number of rotatable bonds is 7. The summed E-state index contributed by atoms with van der Waals surface area (Å²) in [6, 6.07) is 25.9. The van der Waals surface area contributed by atoms with Gasteiger partial charge < -0.3 is 19.3 Å². The highest BCUT2D eigenvalue weighted by atomic mass is 19.4. The Morgan fingerprint density at radius 2 is 1.45 bits per heavy atom. The zero-order valence-electron chi connectivity index (χ0n) is 32.7. The number of allylic oxidation sites excluding steroid dienone is 1. The van der Waals surface area contributed by atoms with Crippen molar-refractivity contribution in [3.63, 3.8) is 0 Å². The monoisotopic (exact) mass is 789 g/mol. The lowest BCUT2D eigenvalue weighted by molar-refractivity contribution is -0.142. The third-order valence-electron chi connectivity index (χ3n) is 11.7. The van der Waals surface area contributed by atoms with Crippen LogP contribution in [-0.2, 0) is 15.7 Å². The summed E-state index contributed by atoms with van der Waals surface area (Å²) in [5, 5.41) is 10.8. The number of morpholine rings is 2. The first kappa shape index (κ1) is 38.0. The van der Waals surface area contributed by atoms with Gasteiger partial charge in [0.1, 0.15) is 0 Å². The zero-order valence-corrected chi connectivity index (χ0v) is 32.7. The van der Waals surface area contributed by atoms with E-state index in [0.717, 1.165) is 95.4 Å². The van der Waals surface area contributed by atoms with Crippen LogP contribution in [0, 0.1) is 5.92 Å². The molecule has 2 atom stereocenters. The molecule has 58 heavy (non-hydrogen) atoms. The van der Waals surface area contributed by atoms with Gasteiger partial charge >= 0.3 is 6.18 Å². The maximum atomic E-state index is 14.7. The summed E-state index contributed by atoms with van der Waals surface area (Å²) in [6.45, 7) is 10.1. The molecule has 0 spiro atoms. The van der Waals surface area contributed by atoms with Gasteiger partial charge in [-0.1, -0.05) is 62.4 Å². The number of hydrogen-bond donors (Lipinski definition) is 0. The average Bonchev–Trinajstić information content (AvgIpc) is 3.87. The number of hydrogen-bond acceptors (Lipinski definition) is 8. The van der Waals surface area contributed by atoms with Crippen LogP contribution in [0.3, 0.4) is 0 Å². The molecule has 1 aliphatic carbocycles. The Kier molecular flexibility index (Phi) is 10.3. The maximum absolute atomic E-state index is 14.7. The van der Waals surface area contributed by atoms with Crippen molar-refractivity contribution in [3.8, 4) is 11.3 Å². The van der Waals surface area contributed by atoms with E-state index in [9.17, 15) is 18.0 Å². The number of carbonyl (C=O) groups is 1. The van der Waals surface area contributed by atoms with Crippen molar-refractivity contribution in [2.45, 2.75) is 51.2 Å². The highest BCUT2D eigenvalue weighted by Gasteiger charge is 2.45. The normalized spacial score (nSPS) is 20.9. The van der Waals surface area contributed by atoms with Crippen molar-refractivity contribution < 1.29 is 27.4 Å². The molecule has 4 aliphatic rings. The molecule has 0 N–H and O–H groups in total. The van der Waals surface area contributed by atoms with Gasteiger partial charge in [0.15, 0.2) is 17.0 Å². The number of benzene rings is 3. The average molecular weight is 790 g/mol. The Labute approximate surface area is 335 Å². The second-order valence-electron chi connectivity index (χ2n) is 15.7. The van der Waals surface area contributed by atoms with Crippen LogP contribution < -0.4 is 9.80 Å². The number of anilines is 2. The van der Waals surface area contributed by atoms with Crippen LogP contribution in [0.25, 0.3) is 23.0 Å². The van der Waals surface area contributed by atoms with Crippen LogP contribution in [0.15, 0.2) is 95.6 Å². The molecule has 9 rings (SSSR count). The van der Waals surface area contributed by atoms with E-state index < -0.39 is 23.8 Å². The van der Waals surface area contributed by atoms with Gasteiger partial charge in [0.2, 0.25) is 0 Å². The molecule has 0 bridgehead atoms. The molecule has 2 aromatic heterocycles. The van der Waals surface area contributed by atoms with E-state index in [2.05, 4.69) is 76.2 Å². The van der Waals surface area contributed by atoms with Crippen molar-refractivity contribution in [1.82, 2.24) is 19.6 Å². The largest absolute Gasteiger partial charge is 0.433 e. The van der Waals surface area contributed by atoms with Crippen LogP contribution in [-0.4, -0.2) is 83.8 Å². The molecule has 0 radical (unpaired) electrons. The van der Waals surface area contributed by atoms with Crippen molar-refractivity contribution in [2.24, 2.45) is 11.0 Å². The molecular formula is C45H46F3N7O3. The lowest BCUT2D eigenvalue weighted by Gasteiger charge is -2.31. The summed E-state index contributed by atoms with van der Waals surface area (Å²) < 4.78 is 55.8. The number of fused-ring (bicyclic) bond motifs is 2. The van der Waals surface area contributed by atoms with Crippen molar-refractivity contribution in [1.29, 1.82) is 0 Å². The number of halogens is 3. The molecule has 3 fully saturated rings. The summed E-state index contributed by atoms with van der Waals surface area (Å²) in [5.74, 6) is -0.436. The highest BCUT2D eigenvalue weighted by molar-refractivity contribution is 6.09. The van der Waals surface area contributed by atoms with E-state index in [1.807, 2.05) is 24.3 Å². The SMILES string of the molecule is CC(C)c1ccc(-c2cc(C(F)(F)F)n3nc(C(=O)N4N=C5/C(=C/c6ccc(N7CCOCC7)cc6)CCC[C@H]5[C@H]4c4ccc(N5CCOCC5)cc4)cc3n2)cc1. The van der Waals surface area contributed by atoms with Gasteiger partial charge in [0, 0.05) is 55.1 Å². The van der Waals surface area contributed by atoms with Gasteiger partial charge in [-0.15, -0.1) is 0 Å². The van der Waals surface area contributed by atoms with Gasteiger partial charge in [-0.05, 0) is 83.9 Å². The first-order valence-corrected chi connectivity index (χ1v) is 20.2. The number of aromatic nitrogens is 3. The first-order chi connectivity index (χ1) is 28.1. The molecule has 1 amide bonds. The lowest BCUT2D eigenvalue weighted by atomic mass is 9.77. The summed E-state index contributed by atoms with van der Waals surface area (Å²) in [6.07, 6.45) is -0.108. The summed E-state index contributed by atoms with van der Waals surface area (Å²) >= 11 is 0. The van der Waals surface area contributed by atoms with Crippen molar-refractivity contribution >= 4 is 34.7 Å². The minimum atomic E-state index is -4.76. The van der Waals surface area contributed by atoms with Crippen LogP contribution >= 0.6 is 0 Å². The van der Waals surface area contributed by atoms with Crippen LogP contribution in [0.5, 0.6) is 0 Å². The molecule has 1 saturated carbocycles. The number of alkyl halides is 3. The minimum Gasteiger partial charge on any atom is -0.378 e. The Bertz CT molecular complexity index is 2340. The Hall–Kier alpha value is -5.53. The Balaban J connectivity index is 1.09. The molecule has 10 nitrogen and oxygen atoms in total. The third-order valence-corrected chi connectivity index (χ3v) is 11.7. The van der Waals surface area contributed by atoms with Crippen molar-refractivity contribution in [3.05, 3.63) is 119 Å². The third kappa shape index (κ3) is 7.48. The number of hydrazone groups is 1. The smallest absolute Gasteiger partial charge is 0.378 e. The number of carbonyl (C=O) groups excluding carboxylic acids is 1.